The molecule has 0 spiro atoms. The summed E-state index contributed by atoms with van der Waals surface area (Å²) in [6, 6.07) is 0. The summed E-state index contributed by atoms with van der Waals surface area (Å²) in [4.78, 5) is 0. The lowest BCUT2D eigenvalue weighted by atomic mass is 10.0. The van der Waals surface area contributed by atoms with E-state index < -0.39 is 0 Å². The van der Waals surface area contributed by atoms with E-state index in [-0.39, 0.29) is 17.8 Å². The minimum absolute atomic E-state index is 0.236. The molecule has 2 nitrogen and oxygen atoms in total. The number of ether oxygens (including phenoxy) is 1. The summed E-state index contributed by atoms with van der Waals surface area (Å²) in [5.74, 6) is 0. The summed E-state index contributed by atoms with van der Waals surface area (Å²) in [6.45, 7) is 5.64. The van der Waals surface area contributed by atoms with Crippen LogP contribution in [-0.2, 0) is 4.74 Å². The third kappa shape index (κ3) is 0.644. The first-order valence-corrected chi connectivity index (χ1v) is 2.93. The molecule has 0 aromatic rings. The molecule has 0 aromatic carbocycles. The highest BCUT2D eigenvalue weighted by Crippen LogP contribution is 2.38. The molecule has 1 aliphatic heterocycles. The minimum Gasteiger partial charge on any atom is -0.390 e. The fourth-order valence-corrected chi connectivity index (χ4v) is 0.785. The lowest BCUT2D eigenvalue weighted by Gasteiger charge is -2.06. The Morgan fingerprint density at radius 2 is 2.12 bits per heavy atom. The van der Waals surface area contributed by atoms with Crippen LogP contribution in [0, 0.1) is 0 Å². The molecule has 3 atom stereocenters. The summed E-state index contributed by atoms with van der Waals surface area (Å²) in [5, 5.41) is 9.00. The quantitative estimate of drug-likeness (QED) is 0.507. The van der Waals surface area contributed by atoms with Crippen LogP contribution in [0.15, 0.2) is 0 Å². The van der Waals surface area contributed by atoms with Gasteiger partial charge < -0.3 is 9.84 Å². The summed E-state index contributed by atoms with van der Waals surface area (Å²) in [7, 11) is 0. The maximum Gasteiger partial charge on any atom is 0.117 e. The number of rotatable bonds is 1. The van der Waals surface area contributed by atoms with Gasteiger partial charge in [0.25, 0.3) is 0 Å². The first-order valence-electron chi connectivity index (χ1n) is 2.93. The van der Waals surface area contributed by atoms with Gasteiger partial charge in [0.05, 0.1) is 12.2 Å². The van der Waals surface area contributed by atoms with E-state index in [4.69, 9.17) is 9.84 Å². The first kappa shape index (κ1) is 6.05. The molecule has 1 saturated heterocycles. The van der Waals surface area contributed by atoms with Gasteiger partial charge in [-0.2, -0.15) is 0 Å². The van der Waals surface area contributed by atoms with E-state index in [2.05, 4.69) is 0 Å². The highest BCUT2D eigenvalue weighted by Gasteiger charge is 2.52. The molecule has 48 valence electrons. The Kier molecular flexibility index (Phi) is 1.10. The topological polar surface area (TPSA) is 32.8 Å². The van der Waals surface area contributed by atoms with Crippen LogP contribution in [0.3, 0.4) is 0 Å². The van der Waals surface area contributed by atoms with E-state index in [0.717, 1.165) is 0 Å². The van der Waals surface area contributed by atoms with E-state index >= 15 is 0 Å². The third-order valence-corrected chi connectivity index (χ3v) is 2.01. The number of hydrogen-bond acceptors (Lipinski definition) is 2. The molecule has 1 fully saturated rings. The monoisotopic (exact) mass is 116 g/mol. The first-order chi connectivity index (χ1) is 3.57. The summed E-state index contributed by atoms with van der Waals surface area (Å²) >= 11 is 0. The molecular weight excluding hydrogens is 104 g/mol. The van der Waals surface area contributed by atoms with Gasteiger partial charge in [-0.05, 0) is 20.8 Å². The number of aliphatic hydroxyl groups excluding tert-OH is 1. The average Bonchev–Trinajstić information content (AvgIpc) is 2.17. The fraction of sp³-hybridized carbons (Fsp3) is 1.00. The van der Waals surface area contributed by atoms with Crippen molar-refractivity contribution in [2.75, 3.05) is 0 Å². The van der Waals surface area contributed by atoms with Gasteiger partial charge in [-0.15, -0.1) is 0 Å². The molecule has 0 aromatic heterocycles. The van der Waals surface area contributed by atoms with Crippen LogP contribution >= 0.6 is 0 Å². The normalized spacial score (nSPS) is 48.8. The summed E-state index contributed by atoms with van der Waals surface area (Å²) < 4.78 is 5.12. The van der Waals surface area contributed by atoms with Crippen molar-refractivity contribution in [2.45, 2.75) is 38.6 Å². The van der Waals surface area contributed by atoms with Crippen molar-refractivity contribution in [3.8, 4) is 0 Å². The molecule has 0 radical (unpaired) electrons. The smallest absolute Gasteiger partial charge is 0.117 e. The van der Waals surface area contributed by atoms with Crippen molar-refractivity contribution in [3.05, 3.63) is 0 Å². The average molecular weight is 116 g/mol. The Hall–Kier alpha value is -0.0800. The third-order valence-electron chi connectivity index (χ3n) is 2.01. The summed E-state index contributed by atoms with van der Waals surface area (Å²) in [6.07, 6.45) is -0.0972. The van der Waals surface area contributed by atoms with Crippen molar-refractivity contribution in [2.24, 2.45) is 0 Å². The molecule has 0 unspecified atom stereocenters. The zero-order valence-electron chi connectivity index (χ0n) is 5.51. The highest BCUT2D eigenvalue weighted by molar-refractivity contribution is 4.99. The number of epoxide rings is 1. The molecule has 1 heterocycles. The molecule has 1 rings (SSSR count). The SMILES string of the molecule is C[C@H](O)[C@]1(C)O[C@@H]1C. The molecule has 0 aliphatic carbocycles. The van der Waals surface area contributed by atoms with Crippen LogP contribution in [0.4, 0.5) is 0 Å². The van der Waals surface area contributed by atoms with Gasteiger partial charge in [0.15, 0.2) is 0 Å². The molecule has 1 aliphatic rings. The van der Waals surface area contributed by atoms with Gasteiger partial charge >= 0.3 is 0 Å². The molecule has 1 N–H and O–H groups in total. The van der Waals surface area contributed by atoms with Crippen LogP contribution in [-0.4, -0.2) is 22.9 Å². The Morgan fingerprint density at radius 3 is 2.12 bits per heavy atom. The van der Waals surface area contributed by atoms with Crippen molar-refractivity contribution < 1.29 is 9.84 Å². The van der Waals surface area contributed by atoms with Crippen LogP contribution < -0.4 is 0 Å². The van der Waals surface area contributed by atoms with Crippen LogP contribution in [0.25, 0.3) is 0 Å². The zero-order chi connectivity index (χ0) is 6.36. The summed E-state index contributed by atoms with van der Waals surface area (Å²) in [5.41, 5.74) is -0.236. The van der Waals surface area contributed by atoms with E-state index in [0.29, 0.717) is 0 Å². The van der Waals surface area contributed by atoms with Crippen molar-refractivity contribution in [1.82, 2.24) is 0 Å². The second-order valence-electron chi connectivity index (χ2n) is 2.62. The maximum absolute atomic E-state index is 9.00. The number of hydrogen-bond donors (Lipinski definition) is 1. The van der Waals surface area contributed by atoms with Crippen LogP contribution in [0.5, 0.6) is 0 Å². The Bertz CT molecular complexity index is 101. The number of aliphatic hydroxyl groups is 1. The molecule has 0 amide bonds. The molecule has 2 heteroatoms. The predicted molar refractivity (Wildman–Crippen MR) is 30.6 cm³/mol. The van der Waals surface area contributed by atoms with Gasteiger partial charge in [-0.25, -0.2) is 0 Å². The lowest BCUT2D eigenvalue weighted by Crippen LogP contribution is -2.24. The molecule has 0 saturated carbocycles. The van der Waals surface area contributed by atoms with Gasteiger partial charge in [0, 0.05) is 0 Å². The molecule has 0 bridgehead atoms. The van der Waals surface area contributed by atoms with Crippen LogP contribution in [0.2, 0.25) is 0 Å². The van der Waals surface area contributed by atoms with E-state index in [1.165, 1.54) is 0 Å². The fourth-order valence-electron chi connectivity index (χ4n) is 0.785. The van der Waals surface area contributed by atoms with Gasteiger partial charge in [-0.1, -0.05) is 0 Å². The van der Waals surface area contributed by atoms with Gasteiger partial charge in [-0.3, -0.25) is 0 Å². The standard InChI is InChI=1S/C6H12O2/c1-4(7)6(3)5(2)8-6/h4-5,7H,1-3H3/t4-,5+,6-/m0/s1. The maximum atomic E-state index is 9.00. The van der Waals surface area contributed by atoms with Gasteiger partial charge in [0.1, 0.15) is 5.60 Å². The highest BCUT2D eigenvalue weighted by atomic mass is 16.6. The molecular formula is C6H12O2. The second-order valence-corrected chi connectivity index (χ2v) is 2.62. The minimum atomic E-state index is -0.336. The van der Waals surface area contributed by atoms with E-state index in [9.17, 15) is 0 Å². The Labute approximate surface area is 49.5 Å². The zero-order valence-corrected chi connectivity index (χ0v) is 5.51. The van der Waals surface area contributed by atoms with Crippen molar-refractivity contribution >= 4 is 0 Å². The van der Waals surface area contributed by atoms with Crippen molar-refractivity contribution in [3.63, 3.8) is 0 Å². The predicted octanol–water partition coefficient (Wildman–Crippen LogP) is 0.545. The van der Waals surface area contributed by atoms with Crippen molar-refractivity contribution in [1.29, 1.82) is 0 Å². The van der Waals surface area contributed by atoms with Gasteiger partial charge in [0.2, 0.25) is 0 Å². The Balaban J connectivity index is 2.47. The Morgan fingerprint density at radius 1 is 1.75 bits per heavy atom. The van der Waals surface area contributed by atoms with E-state index in [1.807, 2.05) is 13.8 Å². The van der Waals surface area contributed by atoms with E-state index in [1.54, 1.807) is 6.92 Å². The molecule has 8 heavy (non-hydrogen) atoms. The van der Waals surface area contributed by atoms with Crippen LogP contribution in [0.1, 0.15) is 20.8 Å². The second kappa shape index (κ2) is 1.45. The lowest BCUT2D eigenvalue weighted by molar-refractivity contribution is 0.101. The largest absolute Gasteiger partial charge is 0.390 e.